The number of hydrogen-bond donors (Lipinski definition) is 3. The van der Waals surface area contributed by atoms with Crippen LogP contribution in [0, 0.1) is 5.41 Å². The zero-order valence-electron chi connectivity index (χ0n) is 12.3. The minimum atomic E-state index is -4.51. The van der Waals surface area contributed by atoms with Gasteiger partial charge >= 0.3 is 6.18 Å². The van der Waals surface area contributed by atoms with Gasteiger partial charge in [0.1, 0.15) is 16.9 Å². The van der Waals surface area contributed by atoms with Crippen molar-refractivity contribution in [2.75, 3.05) is 0 Å². The predicted octanol–water partition coefficient (Wildman–Crippen LogP) is 1.49. The molecule has 1 heterocycles. The molecule has 0 aliphatic heterocycles. The van der Waals surface area contributed by atoms with Crippen LogP contribution in [0.4, 0.5) is 13.2 Å². The first-order chi connectivity index (χ1) is 10.8. The topological polar surface area (TPSA) is 86.9 Å². The van der Waals surface area contributed by atoms with Gasteiger partial charge < -0.3 is 15.6 Å². The molecular weight excluding hydrogens is 313 g/mol. The molecule has 0 unspecified atom stereocenters. The molecule has 1 aromatic heterocycles. The van der Waals surface area contributed by atoms with Gasteiger partial charge in [0.15, 0.2) is 0 Å². The quantitative estimate of drug-likeness (QED) is 0.715. The van der Waals surface area contributed by atoms with Gasteiger partial charge in [0.25, 0.3) is 0 Å². The van der Waals surface area contributed by atoms with Crippen LogP contribution < -0.4 is 10.6 Å². The van der Waals surface area contributed by atoms with Gasteiger partial charge in [-0.05, 0) is 25.7 Å². The van der Waals surface area contributed by atoms with Crippen molar-refractivity contribution in [3.8, 4) is 0 Å². The minimum Gasteiger partial charge on any atom is -0.352 e. The van der Waals surface area contributed by atoms with Crippen molar-refractivity contribution in [1.82, 2.24) is 20.6 Å². The van der Waals surface area contributed by atoms with Gasteiger partial charge in [0, 0.05) is 6.04 Å². The van der Waals surface area contributed by atoms with E-state index in [-0.39, 0.29) is 24.3 Å². The summed E-state index contributed by atoms with van der Waals surface area (Å²) in [7, 11) is 0. The molecule has 3 rings (SSSR count). The Hall–Kier alpha value is -2.06. The molecule has 9 heteroatoms. The summed E-state index contributed by atoms with van der Waals surface area (Å²) in [6, 6.07) is 0.159. The normalized spacial score (nSPS) is 19.8. The zero-order chi connectivity index (χ0) is 16.7. The lowest BCUT2D eigenvalue weighted by Crippen LogP contribution is -2.55. The summed E-state index contributed by atoms with van der Waals surface area (Å²) in [5.74, 6) is -0.728. The number of carbonyl (C=O) groups excluding carboxylic acids is 2. The highest BCUT2D eigenvalue weighted by molar-refractivity contribution is 6.06. The third-order valence-electron chi connectivity index (χ3n) is 4.34. The Kier molecular flexibility index (Phi) is 3.81. The number of carbonyl (C=O) groups is 2. The van der Waals surface area contributed by atoms with Crippen molar-refractivity contribution in [3.63, 3.8) is 0 Å². The SMILES string of the molecule is O=C(NCc1ncc(C(F)(F)F)[nH]1)C1(C(=O)NC2CC2)CCC1. The Labute approximate surface area is 130 Å². The number of nitrogens with one attached hydrogen (secondary N) is 3. The molecule has 6 nitrogen and oxygen atoms in total. The molecule has 23 heavy (non-hydrogen) atoms. The third kappa shape index (κ3) is 3.18. The highest BCUT2D eigenvalue weighted by atomic mass is 19.4. The molecule has 2 amide bonds. The summed E-state index contributed by atoms with van der Waals surface area (Å²) in [6.07, 6.45) is -0.266. The lowest BCUT2D eigenvalue weighted by molar-refractivity contribution is -0.149. The highest BCUT2D eigenvalue weighted by Crippen LogP contribution is 2.42. The van der Waals surface area contributed by atoms with E-state index in [0.717, 1.165) is 19.3 Å². The Balaban J connectivity index is 1.59. The number of imidazole rings is 1. The van der Waals surface area contributed by atoms with Crippen LogP contribution in [0.3, 0.4) is 0 Å². The summed E-state index contributed by atoms with van der Waals surface area (Å²) in [4.78, 5) is 30.3. The summed E-state index contributed by atoms with van der Waals surface area (Å²) >= 11 is 0. The van der Waals surface area contributed by atoms with Crippen molar-refractivity contribution in [3.05, 3.63) is 17.7 Å². The highest BCUT2D eigenvalue weighted by Gasteiger charge is 2.51. The summed E-state index contributed by atoms with van der Waals surface area (Å²) in [5, 5.41) is 5.35. The first-order valence-electron chi connectivity index (χ1n) is 7.52. The molecule has 0 atom stereocenters. The van der Waals surface area contributed by atoms with Crippen molar-refractivity contribution in [2.45, 2.75) is 50.9 Å². The third-order valence-corrected chi connectivity index (χ3v) is 4.34. The number of halogens is 3. The van der Waals surface area contributed by atoms with Gasteiger partial charge in [-0.1, -0.05) is 6.42 Å². The van der Waals surface area contributed by atoms with E-state index in [0.29, 0.717) is 19.0 Å². The van der Waals surface area contributed by atoms with E-state index >= 15 is 0 Å². The van der Waals surface area contributed by atoms with Gasteiger partial charge in [-0.2, -0.15) is 13.2 Å². The van der Waals surface area contributed by atoms with E-state index in [1.807, 2.05) is 0 Å². The monoisotopic (exact) mass is 330 g/mol. The molecule has 1 aromatic rings. The van der Waals surface area contributed by atoms with Crippen LogP contribution in [-0.4, -0.2) is 27.8 Å². The molecule has 0 radical (unpaired) electrons. The van der Waals surface area contributed by atoms with Crippen LogP contribution in [0.1, 0.15) is 43.6 Å². The van der Waals surface area contributed by atoms with Crippen LogP contribution in [0.2, 0.25) is 0 Å². The molecule has 0 aromatic carbocycles. The van der Waals surface area contributed by atoms with Gasteiger partial charge in [0.2, 0.25) is 11.8 Å². The first-order valence-corrected chi connectivity index (χ1v) is 7.52. The lowest BCUT2D eigenvalue weighted by Gasteiger charge is -2.38. The number of aromatic amines is 1. The molecule has 2 fully saturated rings. The number of amides is 2. The first kappa shape index (κ1) is 15.8. The molecule has 2 aliphatic carbocycles. The largest absolute Gasteiger partial charge is 0.432 e. The number of hydrogen-bond acceptors (Lipinski definition) is 3. The van der Waals surface area contributed by atoms with Crippen molar-refractivity contribution in [1.29, 1.82) is 0 Å². The van der Waals surface area contributed by atoms with Crippen LogP contribution in [0.5, 0.6) is 0 Å². The fourth-order valence-electron chi connectivity index (χ4n) is 2.57. The van der Waals surface area contributed by atoms with Gasteiger partial charge in [0.05, 0.1) is 12.7 Å². The van der Waals surface area contributed by atoms with Crippen LogP contribution in [-0.2, 0) is 22.3 Å². The fourth-order valence-corrected chi connectivity index (χ4v) is 2.57. The van der Waals surface area contributed by atoms with E-state index < -0.39 is 23.2 Å². The van der Waals surface area contributed by atoms with Crippen molar-refractivity contribution in [2.24, 2.45) is 5.41 Å². The second kappa shape index (κ2) is 5.54. The Bertz CT molecular complexity index is 618. The van der Waals surface area contributed by atoms with E-state index in [1.165, 1.54) is 0 Å². The Morgan fingerprint density at radius 2 is 2.00 bits per heavy atom. The molecule has 0 bridgehead atoms. The second-order valence-corrected chi connectivity index (χ2v) is 6.11. The lowest BCUT2D eigenvalue weighted by atomic mass is 9.67. The fraction of sp³-hybridized carbons (Fsp3) is 0.643. The van der Waals surface area contributed by atoms with Gasteiger partial charge in [-0.3, -0.25) is 9.59 Å². The summed E-state index contributed by atoms with van der Waals surface area (Å²) in [6.45, 7) is -0.173. The molecule has 126 valence electrons. The van der Waals surface area contributed by atoms with Crippen molar-refractivity contribution < 1.29 is 22.8 Å². The standard InChI is InChI=1S/C14H17F3N4O2/c15-14(16,17)9-6-18-10(21-9)7-19-11(22)13(4-1-5-13)12(23)20-8-2-3-8/h6,8H,1-5,7H2,(H,18,21)(H,19,22)(H,20,23). The Morgan fingerprint density at radius 1 is 1.30 bits per heavy atom. The van der Waals surface area contributed by atoms with Gasteiger partial charge in [-0.15, -0.1) is 0 Å². The van der Waals surface area contributed by atoms with Gasteiger partial charge in [-0.25, -0.2) is 4.98 Å². The maximum atomic E-state index is 12.5. The average Bonchev–Trinajstić information content (AvgIpc) is 3.08. The Morgan fingerprint density at radius 3 is 2.48 bits per heavy atom. The maximum Gasteiger partial charge on any atom is 0.432 e. The van der Waals surface area contributed by atoms with E-state index in [2.05, 4.69) is 20.6 Å². The van der Waals surface area contributed by atoms with Crippen molar-refractivity contribution >= 4 is 11.8 Å². The number of aromatic nitrogens is 2. The number of rotatable bonds is 5. The number of alkyl halides is 3. The molecule has 0 spiro atoms. The molecule has 3 N–H and O–H groups in total. The van der Waals surface area contributed by atoms with Crippen LogP contribution in [0.25, 0.3) is 0 Å². The number of H-pyrrole nitrogens is 1. The summed E-state index contributed by atoms with van der Waals surface area (Å²) in [5.41, 5.74) is -2.05. The molecule has 0 saturated heterocycles. The van der Waals surface area contributed by atoms with E-state index in [1.54, 1.807) is 0 Å². The summed E-state index contributed by atoms with van der Waals surface area (Å²) < 4.78 is 37.4. The number of nitrogens with zero attached hydrogens (tertiary/aromatic N) is 1. The van der Waals surface area contributed by atoms with E-state index in [9.17, 15) is 22.8 Å². The molecule has 2 aliphatic rings. The zero-order valence-corrected chi connectivity index (χ0v) is 12.3. The second-order valence-electron chi connectivity index (χ2n) is 6.11. The molecule has 2 saturated carbocycles. The van der Waals surface area contributed by atoms with Crippen LogP contribution >= 0.6 is 0 Å². The van der Waals surface area contributed by atoms with E-state index in [4.69, 9.17) is 0 Å². The maximum absolute atomic E-state index is 12.5. The predicted molar refractivity (Wildman–Crippen MR) is 72.9 cm³/mol. The smallest absolute Gasteiger partial charge is 0.352 e. The van der Waals surface area contributed by atoms with Crippen LogP contribution in [0.15, 0.2) is 6.20 Å². The molecular formula is C14H17F3N4O2. The average molecular weight is 330 g/mol. The minimum absolute atomic E-state index is 0.00255.